The lowest BCUT2D eigenvalue weighted by Crippen LogP contribution is -2.45. The number of aromatic amines is 1. The average Bonchev–Trinajstić information content (AvgIpc) is 3.45. The van der Waals surface area contributed by atoms with Gasteiger partial charge in [0, 0.05) is 75.1 Å². The van der Waals surface area contributed by atoms with Gasteiger partial charge in [-0.25, -0.2) is 4.39 Å². The maximum atomic E-state index is 13.7. The molecule has 176 valence electrons. The zero-order valence-electron chi connectivity index (χ0n) is 18.5. The van der Waals surface area contributed by atoms with Crippen molar-refractivity contribution in [3.63, 3.8) is 0 Å². The smallest absolute Gasteiger partial charge is 0.371 e. The summed E-state index contributed by atoms with van der Waals surface area (Å²) in [6, 6.07) is 8.98. The van der Waals surface area contributed by atoms with Gasteiger partial charge < -0.3 is 9.88 Å². The summed E-state index contributed by atoms with van der Waals surface area (Å²) in [6.45, 7) is 6.44. The number of H-pyrrole nitrogens is 1. The molecule has 5 rings (SSSR count). The molecule has 0 radical (unpaired) electrons. The van der Waals surface area contributed by atoms with Crippen LogP contribution >= 0.6 is 0 Å². The van der Waals surface area contributed by atoms with E-state index in [2.05, 4.69) is 19.7 Å². The third-order valence-electron chi connectivity index (χ3n) is 6.84. The molecular weight excluding hydrogens is 432 g/mol. The second kappa shape index (κ2) is 8.99. The van der Waals surface area contributed by atoms with Gasteiger partial charge in [-0.1, -0.05) is 6.07 Å². The fourth-order valence-corrected chi connectivity index (χ4v) is 5.00. The number of halogens is 4. The molecule has 2 saturated heterocycles. The lowest BCUT2D eigenvalue weighted by Gasteiger charge is -2.35. The van der Waals surface area contributed by atoms with E-state index in [1.807, 2.05) is 6.20 Å². The Morgan fingerprint density at radius 1 is 0.788 bits per heavy atom. The van der Waals surface area contributed by atoms with Crippen LogP contribution in [0.3, 0.4) is 0 Å². The fraction of sp³-hybridized carbons (Fsp3) is 0.440. The van der Waals surface area contributed by atoms with Crippen molar-refractivity contribution in [2.45, 2.75) is 32.1 Å². The molecule has 3 heterocycles. The van der Waals surface area contributed by atoms with Crippen molar-refractivity contribution in [2.24, 2.45) is 0 Å². The maximum absolute atomic E-state index is 13.7. The van der Waals surface area contributed by atoms with Crippen molar-refractivity contribution in [1.29, 1.82) is 0 Å². The fourth-order valence-electron chi connectivity index (χ4n) is 5.00. The van der Waals surface area contributed by atoms with E-state index >= 15 is 0 Å². The summed E-state index contributed by atoms with van der Waals surface area (Å²) >= 11 is 0. The van der Waals surface area contributed by atoms with Gasteiger partial charge >= 0.3 is 6.18 Å². The predicted octanol–water partition coefficient (Wildman–Crippen LogP) is 5.24. The minimum atomic E-state index is -4.33. The number of piperazine rings is 1. The van der Waals surface area contributed by atoms with Gasteiger partial charge in [0.25, 0.3) is 0 Å². The van der Waals surface area contributed by atoms with Gasteiger partial charge in [-0.2, -0.15) is 13.2 Å². The molecule has 0 atom stereocenters. The molecule has 8 heteroatoms. The van der Waals surface area contributed by atoms with Crippen LogP contribution in [0.1, 0.15) is 29.5 Å². The summed E-state index contributed by atoms with van der Waals surface area (Å²) in [5.41, 5.74) is 3.13. The van der Waals surface area contributed by atoms with Gasteiger partial charge in [0.05, 0.1) is 5.56 Å². The summed E-state index contributed by atoms with van der Waals surface area (Å²) in [5.74, 6) is -0.237. The van der Waals surface area contributed by atoms with Crippen LogP contribution in [0.5, 0.6) is 0 Å². The number of benzene rings is 2. The van der Waals surface area contributed by atoms with Gasteiger partial charge in [-0.15, -0.1) is 0 Å². The van der Waals surface area contributed by atoms with E-state index < -0.39 is 11.7 Å². The van der Waals surface area contributed by atoms with E-state index in [0.29, 0.717) is 6.54 Å². The summed E-state index contributed by atoms with van der Waals surface area (Å²) in [6.07, 6.45) is -0.344. The maximum Gasteiger partial charge on any atom is 0.416 e. The molecule has 2 fully saturated rings. The quantitative estimate of drug-likeness (QED) is 0.527. The molecule has 33 heavy (non-hydrogen) atoms. The van der Waals surface area contributed by atoms with E-state index in [9.17, 15) is 17.6 Å². The average molecular weight is 461 g/mol. The molecule has 1 aromatic heterocycles. The van der Waals surface area contributed by atoms with Crippen molar-refractivity contribution in [2.75, 3.05) is 44.2 Å². The Kier molecular flexibility index (Phi) is 6.05. The third-order valence-corrected chi connectivity index (χ3v) is 6.84. The van der Waals surface area contributed by atoms with E-state index in [1.54, 1.807) is 18.2 Å². The highest BCUT2D eigenvalue weighted by atomic mass is 19.4. The first-order chi connectivity index (χ1) is 15.9. The summed E-state index contributed by atoms with van der Waals surface area (Å²) in [7, 11) is 0. The van der Waals surface area contributed by atoms with E-state index in [0.717, 1.165) is 86.4 Å². The van der Waals surface area contributed by atoms with Crippen LogP contribution in [0, 0.1) is 5.82 Å². The van der Waals surface area contributed by atoms with Crippen molar-refractivity contribution < 1.29 is 17.6 Å². The number of hydrogen-bond donors (Lipinski definition) is 1. The van der Waals surface area contributed by atoms with Crippen LogP contribution in [0.15, 0.2) is 42.6 Å². The highest BCUT2D eigenvalue weighted by Crippen LogP contribution is 2.35. The molecule has 0 saturated carbocycles. The second-order valence-electron chi connectivity index (χ2n) is 9.09. The SMILES string of the molecule is Fc1ccc2[nH]cc(CN3CCN(Cc4ccc(C(F)(F)F)cc4N4CCCC4)CC3)c2c1. The number of nitrogens with zero attached hydrogens (tertiary/aromatic N) is 3. The Bertz CT molecular complexity index is 1110. The van der Waals surface area contributed by atoms with E-state index in [-0.39, 0.29) is 5.82 Å². The monoisotopic (exact) mass is 460 g/mol. The number of nitrogens with one attached hydrogen (secondary N) is 1. The van der Waals surface area contributed by atoms with Crippen LogP contribution < -0.4 is 4.90 Å². The van der Waals surface area contributed by atoms with Crippen molar-refractivity contribution >= 4 is 16.6 Å². The van der Waals surface area contributed by atoms with Gasteiger partial charge in [-0.05, 0) is 54.3 Å². The molecule has 0 unspecified atom stereocenters. The number of alkyl halides is 3. The molecule has 0 bridgehead atoms. The Hall–Kier alpha value is -2.58. The minimum Gasteiger partial charge on any atom is -0.371 e. The van der Waals surface area contributed by atoms with Crippen LogP contribution in [-0.2, 0) is 19.3 Å². The van der Waals surface area contributed by atoms with Crippen molar-refractivity contribution in [3.05, 3.63) is 65.1 Å². The first kappa shape index (κ1) is 22.2. The van der Waals surface area contributed by atoms with Crippen LogP contribution in [-0.4, -0.2) is 54.1 Å². The number of aromatic nitrogens is 1. The minimum absolute atomic E-state index is 0.237. The standard InChI is InChI=1S/C25H28F4N4/c26-21-5-6-23-22(14-21)19(15-30-23)17-32-11-9-31(10-12-32)16-18-3-4-20(25(27,28)29)13-24(18)33-7-1-2-8-33/h3-6,13-15,30H,1-2,7-12,16-17H2. The van der Waals surface area contributed by atoms with Crippen molar-refractivity contribution in [1.82, 2.24) is 14.8 Å². The molecule has 0 aliphatic carbocycles. The summed E-state index contributed by atoms with van der Waals surface area (Å²) < 4.78 is 53.6. The van der Waals surface area contributed by atoms with Gasteiger partial charge in [0.2, 0.25) is 0 Å². The number of rotatable bonds is 5. The first-order valence-electron chi connectivity index (χ1n) is 11.5. The van der Waals surface area contributed by atoms with E-state index in [1.165, 1.54) is 18.2 Å². The van der Waals surface area contributed by atoms with E-state index in [4.69, 9.17) is 0 Å². The normalized spacial score (nSPS) is 18.5. The lowest BCUT2D eigenvalue weighted by molar-refractivity contribution is -0.137. The zero-order valence-corrected chi connectivity index (χ0v) is 18.5. The number of hydrogen-bond acceptors (Lipinski definition) is 3. The lowest BCUT2D eigenvalue weighted by atomic mass is 10.1. The molecule has 0 spiro atoms. The molecule has 4 nitrogen and oxygen atoms in total. The number of fused-ring (bicyclic) bond motifs is 1. The van der Waals surface area contributed by atoms with Gasteiger partial charge in [0.1, 0.15) is 5.82 Å². The van der Waals surface area contributed by atoms with Gasteiger partial charge in [-0.3, -0.25) is 9.80 Å². The second-order valence-corrected chi connectivity index (χ2v) is 9.09. The molecule has 2 aliphatic rings. The zero-order chi connectivity index (χ0) is 23.0. The molecule has 2 aliphatic heterocycles. The third kappa shape index (κ3) is 4.87. The van der Waals surface area contributed by atoms with Crippen LogP contribution in [0.2, 0.25) is 0 Å². The Labute approximate surface area is 190 Å². The summed E-state index contributed by atoms with van der Waals surface area (Å²) in [4.78, 5) is 9.96. The van der Waals surface area contributed by atoms with Crippen LogP contribution in [0.4, 0.5) is 23.2 Å². The molecule has 3 aromatic rings. The topological polar surface area (TPSA) is 25.5 Å². The Balaban J connectivity index is 1.25. The highest BCUT2D eigenvalue weighted by molar-refractivity contribution is 5.83. The number of anilines is 1. The Morgan fingerprint density at radius 3 is 2.12 bits per heavy atom. The summed E-state index contributed by atoms with van der Waals surface area (Å²) in [5, 5.41) is 0.914. The first-order valence-corrected chi connectivity index (χ1v) is 11.5. The molecule has 0 amide bonds. The van der Waals surface area contributed by atoms with Crippen LogP contribution in [0.25, 0.3) is 10.9 Å². The van der Waals surface area contributed by atoms with Crippen molar-refractivity contribution in [3.8, 4) is 0 Å². The van der Waals surface area contributed by atoms with Gasteiger partial charge in [0.15, 0.2) is 0 Å². The molecular formula is C25H28F4N4. The molecule has 2 aromatic carbocycles. The predicted molar refractivity (Wildman–Crippen MR) is 122 cm³/mol. The Morgan fingerprint density at radius 2 is 1.45 bits per heavy atom. The molecule has 1 N–H and O–H groups in total. The highest BCUT2D eigenvalue weighted by Gasteiger charge is 2.32. The largest absolute Gasteiger partial charge is 0.416 e.